The smallest absolute Gasteiger partial charge is 0.251 e. The first-order valence-electron chi connectivity index (χ1n) is 7.50. The summed E-state index contributed by atoms with van der Waals surface area (Å²) in [5.41, 5.74) is 5.87. The van der Waals surface area contributed by atoms with Crippen molar-refractivity contribution in [3.05, 3.63) is 45.9 Å². The first kappa shape index (κ1) is 17.9. The lowest BCUT2D eigenvalue weighted by molar-refractivity contribution is -0.125. The van der Waals surface area contributed by atoms with E-state index in [2.05, 4.69) is 10.3 Å². The van der Waals surface area contributed by atoms with Gasteiger partial charge in [-0.3, -0.25) is 9.59 Å². The van der Waals surface area contributed by atoms with Gasteiger partial charge in [-0.25, -0.2) is 4.98 Å². The van der Waals surface area contributed by atoms with E-state index in [9.17, 15) is 9.59 Å². The maximum atomic E-state index is 12.1. The van der Waals surface area contributed by atoms with Gasteiger partial charge >= 0.3 is 0 Å². The van der Waals surface area contributed by atoms with Crippen LogP contribution in [-0.2, 0) is 11.4 Å². The van der Waals surface area contributed by atoms with Gasteiger partial charge in [-0.05, 0) is 45.0 Å². The lowest BCUT2D eigenvalue weighted by Gasteiger charge is -2.20. The molecule has 0 spiro atoms. The molecule has 6 nitrogen and oxygen atoms in total. The first-order valence-corrected chi connectivity index (χ1v) is 8.38. The lowest BCUT2D eigenvalue weighted by Crippen LogP contribution is -2.42. The third-order valence-electron chi connectivity index (χ3n) is 3.53. The number of hydrogen-bond donors (Lipinski definition) is 2. The number of primary amides is 1. The Kier molecular flexibility index (Phi) is 5.56. The van der Waals surface area contributed by atoms with Crippen molar-refractivity contribution < 1.29 is 14.3 Å². The first-order chi connectivity index (χ1) is 11.3. The Labute approximate surface area is 145 Å². The molecule has 24 heavy (non-hydrogen) atoms. The molecular weight excluding hydrogens is 326 g/mol. The minimum absolute atomic E-state index is 0.183. The molecule has 2 aromatic rings. The fraction of sp³-hybridized carbons (Fsp3) is 0.353. The van der Waals surface area contributed by atoms with E-state index in [0.29, 0.717) is 17.9 Å². The van der Waals surface area contributed by atoms with Crippen LogP contribution in [0.25, 0.3) is 0 Å². The number of carbonyl (C=O) groups is 2. The van der Waals surface area contributed by atoms with Crippen LogP contribution in [-0.4, -0.2) is 23.3 Å². The highest BCUT2D eigenvalue weighted by Crippen LogP contribution is 2.16. The van der Waals surface area contributed by atoms with Crippen molar-refractivity contribution in [3.63, 3.8) is 0 Å². The van der Waals surface area contributed by atoms with Crippen LogP contribution in [0.5, 0.6) is 5.75 Å². The molecule has 0 aliphatic carbocycles. The van der Waals surface area contributed by atoms with Gasteiger partial charge in [-0.1, -0.05) is 0 Å². The van der Waals surface area contributed by atoms with Gasteiger partial charge < -0.3 is 15.8 Å². The van der Waals surface area contributed by atoms with E-state index in [0.717, 1.165) is 10.7 Å². The van der Waals surface area contributed by atoms with Gasteiger partial charge in [-0.15, -0.1) is 11.3 Å². The largest absolute Gasteiger partial charge is 0.487 e. The minimum Gasteiger partial charge on any atom is -0.487 e. The molecule has 128 valence electrons. The second kappa shape index (κ2) is 7.44. The second-order valence-electron chi connectivity index (χ2n) is 6.10. The van der Waals surface area contributed by atoms with Crippen molar-refractivity contribution in [2.45, 2.75) is 27.4 Å². The van der Waals surface area contributed by atoms with Gasteiger partial charge in [-0.2, -0.15) is 0 Å². The third-order valence-corrected chi connectivity index (χ3v) is 4.35. The molecule has 0 bridgehead atoms. The number of ether oxygens (including phenoxy) is 1. The Hall–Kier alpha value is -2.41. The van der Waals surface area contributed by atoms with Gasteiger partial charge in [0.15, 0.2) is 0 Å². The predicted molar refractivity (Wildman–Crippen MR) is 92.9 cm³/mol. The Morgan fingerprint density at radius 2 is 1.96 bits per heavy atom. The predicted octanol–water partition coefficient (Wildman–Crippen LogP) is 2.27. The molecule has 7 heteroatoms. The number of nitrogens with one attached hydrogen (secondary N) is 1. The molecule has 1 heterocycles. The van der Waals surface area contributed by atoms with E-state index in [1.807, 2.05) is 12.3 Å². The van der Waals surface area contributed by atoms with E-state index in [1.165, 1.54) is 0 Å². The average Bonchev–Trinajstić information content (AvgIpc) is 2.96. The highest BCUT2D eigenvalue weighted by atomic mass is 32.1. The summed E-state index contributed by atoms with van der Waals surface area (Å²) in [5.74, 6) is -0.0514. The van der Waals surface area contributed by atoms with Crippen LogP contribution in [0.3, 0.4) is 0 Å². The van der Waals surface area contributed by atoms with Crippen LogP contribution in [0.2, 0.25) is 0 Å². The van der Waals surface area contributed by atoms with E-state index in [-0.39, 0.29) is 12.5 Å². The van der Waals surface area contributed by atoms with Crippen molar-refractivity contribution in [1.29, 1.82) is 0 Å². The van der Waals surface area contributed by atoms with E-state index >= 15 is 0 Å². The number of nitrogens with zero attached hydrogens (tertiary/aromatic N) is 1. The molecule has 3 N–H and O–H groups in total. The fourth-order valence-electron chi connectivity index (χ4n) is 1.82. The summed E-state index contributed by atoms with van der Waals surface area (Å²) < 4.78 is 5.64. The van der Waals surface area contributed by atoms with E-state index < -0.39 is 11.3 Å². The summed E-state index contributed by atoms with van der Waals surface area (Å²) in [4.78, 5) is 27.7. The number of carbonyl (C=O) groups excluding carboxylic acids is 2. The highest BCUT2D eigenvalue weighted by Gasteiger charge is 2.25. The fourth-order valence-corrected chi connectivity index (χ4v) is 2.42. The minimum atomic E-state index is -0.787. The topological polar surface area (TPSA) is 94.3 Å². The van der Waals surface area contributed by atoms with Crippen LogP contribution in [0.1, 0.15) is 34.9 Å². The number of amides is 2. The molecular formula is C17H21N3O3S. The lowest BCUT2D eigenvalue weighted by atomic mass is 9.92. The van der Waals surface area contributed by atoms with Crippen molar-refractivity contribution in [2.24, 2.45) is 11.1 Å². The Morgan fingerprint density at radius 3 is 2.50 bits per heavy atom. The summed E-state index contributed by atoms with van der Waals surface area (Å²) >= 11 is 1.58. The summed E-state index contributed by atoms with van der Waals surface area (Å²) in [6.07, 6.45) is 0. The molecule has 1 aromatic carbocycles. The molecule has 0 atom stereocenters. The molecule has 2 rings (SSSR count). The summed E-state index contributed by atoms with van der Waals surface area (Å²) in [5, 5.41) is 5.67. The molecule has 0 saturated heterocycles. The van der Waals surface area contributed by atoms with Crippen molar-refractivity contribution in [2.75, 3.05) is 6.54 Å². The van der Waals surface area contributed by atoms with Crippen molar-refractivity contribution in [1.82, 2.24) is 10.3 Å². The van der Waals surface area contributed by atoms with Crippen LogP contribution in [0.4, 0.5) is 0 Å². The molecule has 0 fully saturated rings. The number of aryl methyl sites for hydroxylation is 1. The molecule has 0 aliphatic heterocycles. The van der Waals surface area contributed by atoms with Crippen molar-refractivity contribution in [3.8, 4) is 5.75 Å². The normalized spacial score (nSPS) is 11.1. The van der Waals surface area contributed by atoms with E-state index in [4.69, 9.17) is 10.5 Å². The standard InChI is InChI=1S/C17H21N3O3S/c1-11-20-13(9-24-11)8-23-14-6-4-12(5-7-14)15(21)19-10-17(2,3)16(18)22/h4-7,9H,8,10H2,1-3H3,(H2,18,22)(H,19,21). The summed E-state index contributed by atoms with van der Waals surface area (Å²) in [6.45, 7) is 5.89. The van der Waals surface area contributed by atoms with E-state index in [1.54, 1.807) is 49.4 Å². The molecule has 0 radical (unpaired) electrons. The maximum Gasteiger partial charge on any atom is 0.251 e. The molecule has 2 amide bonds. The average molecular weight is 347 g/mol. The third kappa shape index (κ3) is 4.79. The summed E-state index contributed by atoms with van der Waals surface area (Å²) in [7, 11) is 0. The Balaban J connectivity index is 1.89. The van der Waals surface area contributed by atoms with Gasteiger partial charge in [0.2, 0.25) is 5.91 Å². The van der Waals surface area contributed by atoms with Crippen LogP contribution >= 0.6 is 11.3 Å². The molecule has 0 unspecified atom stereocenters. The summed E-state index contributed by atoms with van der Waals surface area (Å²) in [6, 6.07) is 6.81. The van der Waals surface area contributed by atoms with Gasteiger partial charge in [0.1, 0.15) is 12.4 Å². The van der Waals surface area contributed by atoms with Gasteiger partial charge in [0.05, 0.1) is 16.1 Å². The number of hydrogen-bond acceptors (Lipinski definition) is 5. The maximum absolute atomic E-state index is 12.1. The SMILES string of the molecule is Cc1nc(COc2ccc(C(=O)NCC(C)(C)C(N)=O)cc2)cs1. The monoisotopic (exact) mass is 347 g/mol. The van der Waals surface area contributed by atoms with Crippen LogP contribution in [0.15, 0.2) is 29.6 Å². The molecule has 1 aromatic heterocycles. The number of nitrogens with two attached hydrogens (primary N) is 1. The van der Waals surface area contributed by atoms with Gasteiger partial charge in [0, 0.05) is 17.5 Å². The molecule has 0 aliphatic rings. The number of aromatic nitrogens is 1. The van der Waals surface area contributed by atoms with Crippen LogP contribution < -0.4 is 15.8 Å². The van der Waals surface area contributed by atoms with Crippen molar-refractivity contribution >= 4 is 23.2 Å². The Morgan fingerprint density at radius 1 is 1.29 bits per heavy atom. The zero-order chi connectivity index (χ0) is 17.7. The highest BCUT2D eigenvalue weighted by molar-refractivity contribution is 7.09. The van der Waals surface area contributed by atoms with Gasteiger partial charge in [0.25, 0.3) is 5.91 Å². The number of benzene rings is 1. The Bertz CT molecular complexity index is 723. The molecule has 0 saturated carbocycles. The second-order valence-corrected chi connectivity index (χ2v) is 7.16. The zero-order valence-electron chi connectivity index (χ0n) is 14.0. The quantitative estimate of drug-likeness (QED) is 0.803. The van der Waals surface area contributed by atoms with Crippen LogP contribution in [0, 0.1) is 12.3 Å². The number of rotatable bonds is 7. The number of thiazole rings is 1. The zero-order valence-corrected chi connectivity index (χ0v) is 14.8.